The van der Waals surface area contributed by atoms with Crippen molar-refractivity contribution < 1.29 is 27.9 Å². The van der Waals surface area contributed by atoms with Crippen molar-refractivity contribution in [3.8, 4) is 5.75 Å². The number of hydrogen-bond acceptors (Lipinski definition) is 5. The number of carbonyl (C=O) groups excluding carboxylic acids is 3. The summed E-state index contributed by atoms with van der Waals surface area (Å²) in [5.74, 6) is -0.822. The van der Waals surface area contributed by atoms with Gasteiger partial charge in [-0.3, -0.25) is 14.5 Å². The van der Waals surface area contributed by atoms with Crippen molar-refractivity contribution in [2.24, 2.45) is 0 Å². The van der Waals surface area contributed by atoms with Crippen molar-refractivity contribution in [3.63, 3.8) is 0 Å². The van der Waals surface area contributed by atoms with Gasteiger partial charge < -0.3 is 15.0 Å². The van der Waals surface area contributed by atoms with Crippen molar-refractivity contribution in [2.75, 3.05) is 13.6 Å². The summed E-state index contributed by atoms with van der Waals surface area (Å²) in [5, 5.41) is 2.66. The summed E-state index contributed by atoms with van der Waals surface area (Å²) in [4.78, 5) is 41.1. The van der Waals surface area contributed by atoms with Crippen LogP contribution in [0, 0.1) is 0 Å². The van der Waals surface area contributed by atoms with Crippen LogP contribution >= 0.6 is 22.9 Å². The van der Waals surface area contributed by atoms with Gasteiger partial charge in [-0.15, -0.1) is 11.3 Å². The van der Waals surface area contributed by atoms with Gasteiger partial charge in [0.2, 0.25) is 5.91 Å². The van der Waals surface area contributed by atoms with Crippen molar-refractivity contribution in [3.05, 3.63) is 51.2 Å². The fourth-order valence-corrected chi connectivity index (χ4v) is 4.45. The number of halogens is 3. The van der Waals surface area contributed by atoms with E-state index in [4.69, 9.17) is 11.6 Å². The van der Waals surface area contributed by atoms with Crippen LogP contribution in [0.2, 0.25) is 4.34 Å². The van der Waals surface area contributed by atoms with Gasteiger partial charge in [0.05, 0.1) is 10.9 Å². The summed E-state index contributed by atoms with van der Waals surface area (Å²) in [6.07, 6.45) is 0.694. The number of nitrogens with zero attached hydrogens (tertiary/aromatic N) is 2. The molecular formula is C21H22ClF2N3O4S. The molecule has 1 aromatic carbocycles. The van der Waals surface area contributed by atoms with Gasteiger partial charge in [-0.1, -0.05) is 23.7 Å². The molecular weight excluding hydrogens is 464 g/mol. The number of thiophene rings is 1. The summed E-state index contributed by atoms with van der Waals surface area (Å²) in [5.41, 5.74) is -0.381. The van der Waals surface area contributed by atoms with E-state index >= 15 is 0 Å². The highest BCUT2D eigenvalue weighted by atomic mass is 35.5. The third-order valence-electron chi connectivity index (χ3n) is 5.15. The van der Waals surface area contributed by atoms with Crippen molar-refractivity contribution >= 4 is 40.8 Å². The molecule has 0 spiro atoms. The number of aryl methyl sites for hydroxylation is 1. The summed E-state index contributed by atoms with van der Waals surface area (Å²) in [6, 6.07) is 9.00. The molecule has 0 radical (unpaired) electrons. The van der Waals surface area contributed by atoms with E-state index in [-0.39, 0.29) is 24.6 Å². The first-order chi connectivity index (χ1) is 15.1. The predicted molar refractivity (Wildman–Crippen MR) is 116 cm³/mol. The van der Waals surface area contributed by atoms with Crippen molar-refractivity contribution in [2.45, 2.75) is 38.5 Å². The van der Waals surface area contributed by atoms with Gasteiger partial charge in [-0.25, -0.2) is 4.79 Å². The molecule has 1 saturated heterocycles. The maximum atomic E-state index is 12.9. The van der Waals surface area contributed by atoms with E-state index in [9.17, 15) is 23.2 Å². The number of carbonyl (C=O) groups is 3. The zero-order chi connectivity index (χ0) is 23.5. The van der Waals surface area contributed by atoms with Crippen molar-refractivity contribution in [1.29, 1.82) is 0 Å². The Morgan fingerprint density at radius 1 is 1.25 bits per heavy atom. The molecule has 1 unspecified atom stereocenters. The lowest BCUT2D eigenvalue weighted by atomic mass is 9.93. The average Bonchev–Trinajstić information content (AvgIpc) is 3.22. The number of imide groups is 1. The maximum absolute atomic E-state index is 12.9. The highest BCUT2D eigenvalue weighted by molar-refractivity contribution is 7.16. The van der Waals surface area contributed by atoms with Gasteiger partial charge in [0.15, 0.2) is 0 Å². The molecule has 1 fully saturated rings. The van der Waals surface area contributed by atoms with Crippen LogP contribution < -0.4 is 10.1 Å². The molecule has 0 aliphatic carbocycles. The number of amides is 4. The first-order valence-corrected chi connectivity index (χ1v) is 10.9. The molecule has 0 bridgehead atoms. The molecule has 0 saturated carbocycles. The van der Waals surface area contributed by atoms with Crippen LogP contribution in [0.4, 0.5) is 13.6 Å². The fraction of sp³-hybridized carbons (Fsp3) is 0.381. The van der Waals surface area contributed by atoms with E-state index in [0.717, 1.165) is 15.3 Å². The second kappa shape index (κ2) is 9.83. The Hall–Kier alpha value is -2.72. The number of likely N-dealkylation sites (N-methyl/N-ethyl adjacent to an activating group) is 1. The van der Waals surface area contributed by atoms with Gasteiger partial charge in [0.1, 0.15) is 17.8 Å². The molecule has 1 atom stereocenters. The summed E-state index contributed by atoms with van der Waals surface area (Å²) in [6.45, 7) is -1.34. The molecule has 1 aliphatic heterocycles. The number of rotatable bonds is 9. The van der Waals surface area contributed by atoms with E-state index in [1.165, 1.54) is 28.4 Å². The Morgan fingerprint density at radius 3 is 2.53 bits per heavy atom. The van der Waals surface area contributed by atoms with Gasteiger partial charge in [-0.2, -0.15) is 8.78 Å². The molecule has 2 heterocycles. The summed E-state index contributed by atoms with van der Waals surface area (Å²) < 4.78 is 29.4. The summed E-state index contributed by atoms with van der Waals surface area (Å²) >= 11 is 7.26. The highest BCUT2D eigenvalue weighted by Gasteiger charge is 2.48. The van der Waals surface area contributed by atoms with E-state index < -0.39 is 24.1 Å². The monoisotopic (exact) mass is 485 g/mol. The highest BCUT2D eigenvalue weighted by Crippen LogP contribution is 2.25. The molecule has 172 valence electrons. The van der Waals surface area contributed by atoms with E-state index in [1.54, 1.807) is 32.2 Å². The summed E-state index contributed by atoms with van der Waals surface area (Å²) in [7, 11) is 1.59. The van der Waals surface area contributed by atoms with Crippen LogP contribution in [0.25, 0.3) is 0 Å². The van der Waals surface area contributed by atoms with E-state index in [1.807, 2.05) is 6.07 Å². The lowest BCUT2D eigenvalue weighted by Gasteiger charge is -2.23. The zero-order valence-electron chi connectivity index (χ0n) is 17.4. The largest absolute Gasteiger partial charge is 0.435 e. The molecule has 4 amide bonds. The lowest BCUT2D eigenvalue weighted by molar-refractivity contribution is -0.138. The SMILES string of the molecule is CN(Cc1ccc(Cl)s1)C(=O)CN1C(=O)NC(C)(CCc2ccc(OC(F)F)cc2)C1=O. The first kappa shape index (κ1) is 23.9. The zero-order valence-corrected chi connectivity index (χ0v) is 19.0. The smallest absolute Gasteiger partial charge is 0.387 e. The van der Waals surface area contributed by atoms with Crippen LogP contribution in [0.3, 0.4) is 0 Å². The molecule has 1 aliphatic rings. The third-order valence-corrected chi connectivity index (χ3v) is 6.36. The van der Waals surface area contributed by atoms with Gasteiger partial charge in [-0.05, 0) is 49.6 Å². The van der Waals surface area contributed by atoms with E-state index in [2.05, 4.69) is 10.1 Å². The Morgan fingerprint density at radius 2 is 1.94 bits per heavy atom. The lowest BCUT2D eigenvalue weighted by Crippen LogP contribution is -2.45. The Kier molecular flexibility index (Phi) is 7.35. The quantitative estimate of drug-likeness (QED) is 0.546. The second-order valence-electron chi connectivity index (χ2n) is 7.63. The number of urea groups is 1. The van der Waals surface area contributed by atoms with Crippen LogP contribution in [0.15, 0.2) is 36.4 Å². The van der Waals surface area contributed by atoms with Crippen molar-refractivity contribution in [1.82, 2.24) is 15.1 Å². The average molecular weight is 486 g/mol. The second-order valence-corrected chi connectivity index (χ2v) is 9.43. The van der Waals surface area contributed by atoms with Crippen LogP contribution in [-0.4, -0.2) is 53.4 Å². The topological polar surface area (TPSA) is 79.0 Å². The number of hydrogen-bond donors (Lipinski definition) is 1. The normalized spacial score (nSPS) is 18.2. The number of ether oxygens (including phenoxy) is 1. The molecule has 1 aromatic heterocycles. The number of benzene rings is 1. The van der Waals surface area contributed by atoms with Crippen LogP contribution in [0.5, 0.6) is 5.75 Å². The minimum atomic E-state index is -2.90. The first-order valence-electron chi connectivity index (χ1n) is 9.73. The molecule has 11 heteroatoms. The molecule has 32 heavy (non-hydrogen) atoms. The molecule has 3 rings (SSSR count). The number of nitrogens with one attached hydrogen (secondary N) is 1. The van der Waals surface area contributed by atoms with Gasteiger partial charge >= 0.3 is 12.6 Å². The molecule has 1 N–H and O–H groups in total. The predicted octanol–water partition coefficient (Wildman–Crippen LogP) is 3.90. The minimum Gasteiger partial charge on any atom is -0.435 e. The van der Waals surface area contributed by atoms with Gasteiger partial charge in [0, 0.05) is 11.9 Å². The molecule has 7 nitrogen and oxygen atoms in total. The van der Waals surface area contributed by atoms with Gasteiger partial charge in [0.25, 0.3) is 5.91 Å². The molecule has 2 aromatic rings. The van der Waals surface area contributed by atoms with Crippen LogP contribution in [-0.2, 0) is 22.6 Å². The Labute approximate surface area is 192 Å². The fourth-order valence-electron chi connectivity index (χ4n) is 3.31. The minimum absolute atomic E-state index is 0.0406. The van der Waals surface area contributed by atoms with Crippen LogP contribution in [0.1, 0.15) is 23.8 Å². The van der Waals surface area contributed by atoms with E-state index in [0.29, 0.717) is 17.3 Å². The maximum Gasteiger partial charge on any atom is 0.387 e. The Balaban J connectivity index is 1.57. The number of alkyl halides is 2. The Bertz CT molecular complexity index is 1000. The third kappa shape index (κ3) is 5.74. The standard InChI is InChI=1S/C21H22ClF2N3O4S/c1-21(10-9-13-3-5-14(6-4-13)31-19(23)24)18(29)27(20(30)25-21)12-17(28)26(2)11-15-7-8-16(22)32-15/h3-8,19H,9-12H2,1-2H3,(H,25,30).